The van der Waals surface area contributed by atoms with E-state index in [1.165, 1.54) is 21.8 Å². The average molecular weight is 310 g/mol. The number of urea groups is 1. The van der Waals surface area contributed by atoms with Gasteiger partial charge in [0, 0.05) is 4.88 Å². The Morgan fingerprint density at radius 2 is 2.05 bits per heavy atom. The normalized spacial score (nSPS) is 14.6. The zero-order valence-electron chi connectivity index (χ0n) is 12.0. The fraction of sp³-hybridized carbons (Fsp3) is 0.500. The van der Waals surface area contributed by atoms with Crippen molar-refractivity contribution in [1.29, 1.82) is 0 Å². The van der Waals surface area contributed by atoms with Crippen LogP contribution in [0.15, 0.2) is 6.07 Å². The first kappa shape index (κ1) is 15.5. The lowest BCUT2D eigenvalue weighted by atomic mass is 10.1. The lowest BCUT2D eigenvalue weighted by Gasteiger charge is -2.19. The van der Waals surface area contributed by atoms with Crippen LogP contribution < -0.4 is 11.1 Å². The molecule has 2 rings (SSSR count). The number of fused-ring (bicyclic) bond motifs is 1. The largest absolute Gasteiger partial charge is 0.448 e. The Kier molecular flexibility index (Phi) is 4.62. The molecular formula is C14H18N2O4S. The summed E-state index contributed by atoms with van der Waals surface area (Å²) in [7, 11) is 0. The van der Waals surface area contributed by atoms with E-state index < -0.39 is 24.0 Å². The number of hydrogen-bond donors (Lipinski definition) is 2. The molecule has 0 bridgehead atoms. The Balaban J connectivity index is 2.07. The van der Waals surface area contributed by atoms with E-state index in [-0.39, 0.29) is 5.92 Å². The van der Waals surface area contributed by atoms with Crippen molar-refractivity contribution in [3.63, 3.8) is 0 Å². The first-order valence-electron chi connectivity index (χ1n) is 6.81. The van der Waals surface area contributed by atoms with Gasteiger partial charge >= 0.3 is 12.0 Å². The van der Waals surface area contributed by atoms with Gasteiger partial charge in [0.05, 0.1) is 0 Å². The Bertz CT molecular complexity index is 558. The number of ether oxygens (including phenoxy) is 1. The van der Waals surface area contributed by atoms with E-state index in [0.29, 0.717) is 4.88 Å². The summed E-state index contributed by atoms with van der Waals surface area (Å²) in [6, 6.07) is 0.871. The van der Waals surface area contributed by atoms with E-state index in [0.717, 1.165) is 19.3 Å². The maximum Gasteiger partial charge on any atom is 0.349 e. The first-order chi connectivity index (χ1) is 9.88. The summed E-state index contributed by atoms with van der Waals surface area (Å²) in [4.78, 5) is 36.4. The summed E-state index contributed by atoms with van der Waals surface area (Å²) >= 11 is 1.41. The molecule has 1 aromatic heterocycles. The van der Waals surface area contributed by atoms with Crippen LogP contribution in [0.3, 0.4) is 0 Å². The third kappa shape index (κ3) is 3.60. The molecule has 0 spiro atoms. The van der Waals surface area contributed by atoms with Gasteiger partial charge in [0.2, 0.25) is 0 Å². The second kappa shape index (κ2) is 6.26. The van der Waals surface area contributed by atoms with Crippen LogP contribution in [-0.4, -0.2) is 24.0 Å². The Labute approximate surface area is 126 Å². The van der Waals surface area contributed by atoms with Gasteiger partial charge in [-0.25, -0.2) is 9.59 Å². The third-order valence-electron chi connectivity index (χ3n) is 3.29. The van der Waals surface area contributed by atoms with Crippen molar-refractivity contribution in [2.24, 2.45) is 11.7 Å². The molecule has 0 aromatic carbocycles. The molecule has 1 heterocycles. The van der Waals surface area contributed by atoms with Crippen molar-refractivity contribution >= 4 is 29.2 Å². The van der Waals surface area contributed by atoms with Gasteiger partial charge in [0.1, 0.15) is 4.88 Å². The lowest BCUT2D eigenvalue weighted by molar-refractivity contribution is -0.130. The number of primary amides is 1. The Hall–Kier alpha value is -1.89. The SMILES string of the molecule is CC(C)[C@@H](OC(=O)c1cc2c(s1)CCC2)C(=O)NC(N)=O. The van der Waals surface area contributed by atoms with Gasteiger partial charge in [-0.05, 0) is 36.8 Å². The molecule has 0 saturated carbocycles. The number of carbonyl (C=O) groups excluding carboxylic acids is 3. The highest BCUT2D eigenvalue weighted by molar-refractivity contribution is 7.14. The predicted molar refractivity (Wildman–Crippen MR) is 78.1 cm³/mol. The van der Waals surface area contributed by atoms with E-state index in [1.807, 2.05) is 11.4 Å². The minimum Gasteiger partial charge on any atom is -0.448 e. The number of amides is 3. The molecule has 6 nitrogen and oxygen atoms in total. The fourth-order valence-electron chi connectivity index (χ4n) is 2.29. The van der Waals surface area contributed by atoms with Crippen molar-refractivity contribution in [2.45, 2.75) is 39.2 Å². The van der Waals surface area contributed by atoms with Crippen molar-refractivity contribution in [2.75, 3.05) is 0 Å². The van der Waals surface area contributed by atoms with Crippen molar-refractivity contribution < 1.29 is 19.1 Å². The summed E-state index contributed by atoms with van der Waals surface area (Å²) in [5, 5.41) is 1.95. The third-order valence-corrected chi connectivity index (χ3v) is 4.51. The molecule has 1 atom stereocenters. The van der Waals surface area contributed by atoms with Crippen molar-refractivity contribution in [3.05, 3.63) is 21.4 Å². The van der Waals surface area contributed by atoms with Crippen LogP contribution in [0, 0.1) is 5.92 Å². The molecule has 114 valence electrons. The molecule has 0 saturated heterocycles. The van der Waals surface area contributed by atoms with E-state index in [2.05, 4.69) is 0 Å². The zero-order valence-corrected chi connectivity index (χ0v) is 12.8. The van der Waals surface area contributed by atoms with E-state index in [9.17, 15) is 14.4 Å². The lowest BCUT2D eigenvalue weighted by Crippen LogP contribution is -2.45. The summed E-state index contributed by atoms with van der Waals surface area (Å²) in [5.41, 5.74) is 6.10. The van der Waals surface area contributed by atoms with Gasteiger partial charge in [0.15, 0.2) is 6.10 Å². The Morgan fingerprint density at radius 3 is 2.62 bits per heavy atom. The number of carbonyl (C=O) groups is 3. The van der Waals surface area contributed by atoms with Gasteiger partial charge in [0.25, 0.3) is 5.91 Å². The minimum absolute atomic E-state index is 0.264. The molecule has 7 heteroatoms. The van der Waals surface area contributed by atoms with E-state index >= 15 is 0 Å². The number of rotatable bonds is 4. The number of imide groups is 1. The number of hydrogen-bond acceptors (Lipinski definition) is 5. The molecule has 0 aliphatic heterocycles. The monoisotopic (exact) mass is 310 g/mol. The number of nitrogens with one attached hydrogen (secondary N) is 1. The van der Waals surface area contributed by atoms with Crippen LogP contribution in [0.2, 0.25) is 0 Å². The zero-order chi connectivity index (χ0) is 15.6. The quantitative estimate of drug-likeness (QED) is 0.825. The molecule has 1 aliphatic carbocycles. The smallest absolute Gasteiger partial charge is 0.349 e. The van der Waals surface area contributed by atoms with Gasteiger partial charge < -0.3 is 10.5 Å². The highest BCUT2D eigenvalue weighted by Gasteiger charge is 2.29. The molecule has 3 N–H and O–H groups in total. The molecule has 3 amide bonds. The van der Waals surface area contributed by atoms with Gasteiger partial charge in [-0.3, -0.25) is 10.1 Å². The Morgan fingerprint density at radius 1 is 1.33 bits per heavy atom. The predicted octanol–water partition coefficient (Wildman–Crippen LogP) is 1.61. The van der Waals surface area contributed by atoms with E-state index in [1.54, 1.807) is 13.8 Å². The van der Waals surface area contributed by atoms with Crippen LogP contribution in [0.1, 0.15) is 40.4 Å². The van der Waals surface area contributed by atoms with Crippen LogP contribution >= 0.6 is 11.3 Å². The van der Waals surface area contributed by atoms with Crippen LogP contribution in [0.5, 0.6) is 0 Å². The molecule has 21 heavy (non-hydrogen) atoms. The highest BCUT2D eigenvalue weighted by atomic mass is 32.1. The van der Waals surface area contributed by atoms with E-state index in [4.69, 9.17) is 10.5 Å². The maximum atomic E-state index is 12.1. The highest BCUT2D eigenvalue weighted by Crippen LogP contribution is 2.31. The summed E-state index contributed by atoms with van der Waals surface area (Å²) < 4.78 is 5.25. The first-order valence-corrected chi connectivity index (χ1v) is 7.63. The number of esters is 1. The van der Waals surface area contributed by atoms with Gasteiger partial charge in [-0.1, -0.05) is 13.8 Å². The maximum absolute atomic E-state index is 12.1. The standard InChI is InChI=1S/C14H18N2O4S/c1-7(2)11(12(17)16-14(15)19)20-13(18)10-6-8-4-3-5-9(8)21-10/h6-7,11H,3-5H2,1-2H3,(H3,15,16,17,19)/t11-/m1/s1. The van der Waals surface area contributed by atoms with Gasteiger partial charge in [-0.15, -0.1) is 11.3 Å². The van der Waals surface area contributed by atoms with Crippen LogP contribution in [0.4, 0.5) is 4.79 Å². The second-order valence-corrected chi connectivity index (χ2v) is 6.47. The summed E-state index contributed by atoms with van der Waals surface area (Å²) in [6.07, 6.45) is 2.05. The number of thiophene rings is 1. The average Bonchev–Trinajstić information content (AvgIpc) is 2.94. The van der Waals surface area contributed by atoms with Crippen LogP contribution in [0.25, 0.3) is 0 Å². The topological polar surface area (TPSA) is 98.5 Å². The second-order valence-electron chi connectivity index (χ2n) is 5.34. The minimum atomic E-state index is -1.04. The molecule has 0 radical (unpaired) electrons. The molecule has 0 fully saturated rings. The molecule has 1 aliphatic rings. The summed E-state index contributed by atoms with van der Waals surface area (Å²) in [5.74, 6) is -1.50. The molecule has 0 unspecified atom stereocenters. The van der Waals surface area contributed by atoms with Crippen molar-refractivity contribution in [3.8, 4) is 0 Å². The fourth-order valence-corrected chi connectivity index (χ4v) is 3.42. The van der Waals surface area contributed by atoms with Crippen molar-refractivity contribution in [1.82, 2.24) is 5.32 Å². The number of nitrogens with two attached hydrogens (primary N) is 1. The molecular weight excluding hydrogens is 292 g/mol. The van der Waals surface area contributed by atoms with Crippen LogP contribution in [-0.2, 0) is 22.4 Å². The molecule has 1 aromatic rings. The van der Waals surface area contributed by atoms with Gasteiger partial charge in [-0.2, -0.15) is 0 Å². The number of aryl methyl sites for hydroxylation is 2. The summed E-state index contributed by atoms with van der Waals surface area (Å²) in [6.45, 7) is 3.46.